The third-order valence-electron chi connectivity index (χ3n) is 2.31. The maximum Gasteiger partial charge on any atom is 0.0524 e. The molecule has 0 saturated carbocycles. The zero-order valence-corrected chi connectivity index (χ0v) is 8.90. The minimum Gasteiger partial charge on any atom is -0.393 e. The number of hydrogen-bond acceptors (Lipinski definition) is 2. The van der Waals surface area contributed by atoms with Crippen LogP contribution in [0.1, 0.15) is 31.9 Å². The van der Waals surface area contributed by atoms with Gasteiger partial charge in [0.05, 0.1) is 6.10 Å². The van der Waals surface area contributed by atoms with Gasteiger partial charge < -0.3 is 10.4 Å². The highest BCUT2D eigenvalue weighted by atomic mass is 16.3. The summed E-state index contributed by atoms with van der Waals surface area (Å²) in [4.78, 5) is 0. The van der Waals surface area contributed by atoms with Crippen LogP contribution in [0.3, 0.4) is 0 Å². The molecule has 1 rings (SSSR count). The van der Waals surface area contributed by atoms with Crippen LogP contribution in [0.25, 0.3) is 0 Å². The fourth-order valence-electron chi connectivity index (χ4n) is 1.37. The highest BCUT2D eigenvalue weighted by Crippen LogP contribution is 2.10. The molecule has 0 spiro atoms. The van der Waals surface area contributed by atoms with Crippen molar-refractivity contribution in [2.45, 2.75) is 32.4 Å². The normalized spacial score (nSPS) is 15.1. The molecule has 0 aliphatic heterocycles. The molecule has 0 bridgehead atoms. The summed E-state index contributed by atoms with van der Waals surface area (Å²) in [6.45, 7) is 4.81. The summed E-state index contributed by atoms with van der Waals surface area (Å²) in [5.41, 5.74) is 1.29. The molecule has 1 aromatic carbocycles. The number of benzene rings is 1. The molecule has 0 unspecified atom stereocenters. The summed E-state index contributed by atoms with van der Waals surface area (Å²) < 4.78 is 0. The first-order chi connectivity index (χ1) is 6.70. The molecule has 0 aliphatic carbocycles. The second-order valence-corrected chi connectivity index (χ2v) is 3.72. The molecule has 2 atom stereocenters. The van der Waals surface area contributed by atoms with Crippen molar-refractivity contribution in [3.63, 3.8) is 0 Å². The molecular formula is C12H19NO. The van der Waals surface area contributed by atoms with E-state index in [0.29, 0.717) is 6.04 Å². The average Bonchev–Trinajstić information content (AvgIpc) is 2.18. The van der Waals surface area contributed by atoms with E-state index < -0.39 is 0 Å². The van der Waals surface area contributed by atoms with E-state index in [1.807, 2.05) is 25.1 Å². The fourth-order valence-corrected chi connectivity index (χ4v) is 1.37. The number of hydrogen-bond donors (Lipinski definition) is 2. The number of aliphatic hydroxyl groups is 1. The van der Waals surface area contributed by atoms with Crippen LogP contribution >= 0.6 is 0 Å². The van der Waals surface area contributed by atoms with Gasteiger partial charge in [-0.3, -0.25) is 0 Å². The van der Waals surface area contributed by atoms with Gasteiger partial charge in [0, 0.05) is 6.04 Å². The molecule has 0 saturated heterocycles. The predicted octanol–water partition coefficient (Wildman–Crippen LogP) is 2.11. The van der Waals surface area contributed by atoms with Crippen LogP contribution in [-0.2, 0) is 0 Å². The van der Waals surface area contributed by atoms with Gasteiger partial charge >= 0.3 is 0 Å². The van der Waals surface area contributed by atoms with Crippen LogP contribution in [0, 0.1) is 0 Å². The highest BCUT2D eigenvalue weighted by Gasteiger charge is 2.03. The van der Waals surface area contributed by atoms with Crippen molar-refractivity contribution < 1.29 is 5.11 Å². The van der Waals surface area contributed by atoms with Crippen molar-refractivity contribution in [2.75, 3.05) is 6.54 Å². The minimum atomic E-state index is -0.217. The van der Waals surface area contributed by atoms with Crippen LogP contribution in [0.2, 0.25) is 0 Å². The molecule has 2 nitrogen and oxygen atoms in total. The summed E-state index contributed by atoms with van der Waals surface area (Å²) in [5.74, 6) is 0. The molecule has 0 radical (unpaired) electrons. The molecule has 0 heterocycles. The second kappa shape index (κ2) is 5.78. The van der Waals surface area contributed by atoms with Gasteiger partial charge in [0.2, 0.25) is 0 Å². The van der Waals surface area contributed by atoms with E-state index in [1.54, 1.807) is 0 Å². The molecule has 2 heteroatoms. The predicted molar refractivity (Wildman–Crippen MR) is 59.2 cm³/mol. The van der Waals surface area contributed by atoms with E-state index in [-0.39, 0.29) is 6.10 Å². The van der Waals surface area contributed by atoms with E-state index in [1.165, 1.54) is 5.56 Å². The van der Waals surface area contributed by atoms with Gasteiger partial charge in [0.1, 0.15) is 0 Å². The summed E-state index contributed by atoms with van der Waals surface area (Å²) in [5, 5.41) is 12.5. The van der Waals surface area contributed by atoms with E-state index in [4.69, 9.17) is 5.11 Å². The molecule has 78 valence electrons. The van der Waals surface area contributed by atoms with Crippen molar-refractivity contribution in [3.05, 3.63) is 35.9 Å². The van der Waals surface area contributed by atoms with E-state index in [2.05, 4.69) is 24.4 Å². The minimum absolute atomic E-state index is 0.217. The van der Waals surface area contributed by atoms with Gasteiger partial charge in [-0.05, 0) is 32.4 Å². The average molecular weight is 193 g/mol. The lowest BCUT2D eigenvalue weighted by atomic mass is 10.1. The van der Waals surface area contributed by atoms with Gasteiger partial charge in [-0.1, -0.05) is 30.3 Å². The summed E-state index contributed by atoms with van der Waals surface area (Å²) in [6, 6.07) is 10.7. The zero-order valence-electron chi connectivity index (χ0n) is 8.90. The standard InChI is InChI=1S/C12H19NO/c1-10(14)8-9-13-11(2)12-6-4-3-5-7-12/h3-7,10-11,13-14H,8-9H2,1-2H3/t10-,11-/m0/s1. The Labute approximate surface area is 86.0 Å². The monoisotopic (exact) mass is 193 g/mol. The molecule has 0 amide bonds. The molecule has 14 heavy (non-hydrogen) atoms. The lowest BCUT2D eigenvalue weighted by molar-refractivity contribution is 0.182. The van der Waals surface area contributed by atoms with Gasteiger partial charge in [-0.2, -0.15) is 0 Å². The first kappa shape index (κ1) is 11.2. The first-order valence-corrected chi connectivity index (χ1v) is 5.16. The van der Waals surface area contributed by atoms with Crippen LogP contribution in [0.5, 0.6) is 0 Å². The Bertz CT molecular complexity index is 246. The Balaban J connectivity index is 2.32. The van der Waals surface area contributed by atoms with Gasteiger partial charge in [-0.25, -0.2) is 0 Å². The smallest absolute Gasteiger partial charge is 0.0524 e. The molecule has 1 aromatic rings. The maximum atomic E-state index is 9.10. The fraction of sp³-hybridized carbons (Fsp3) is 0.500. The lowest BCUT2D eigenvalue weighted by Gasteiger charge is -2.14. The SMILES string of the molecule is C[C@H](O)CCN[C@@H](C)c1ccccc1. The van der Waals surface area contributed by atoms with Crippen LogP contribution in [-0.4, -0.2) is 17.8 Å². The van der Waals surface area contributed by atoms with Crippen molar-refractivity contribution >= 4 is 0 Å². The first-order valence-electron chi connectivity index (χ1n) is 5.16. The Morgan fingerprint density at radius 2 is 1.86 bits per heavy atom. The van der Waals surface area contributed by atoms with E-state index in [0.717, 1.165) is 13.0 Å². The molecular weight excluding hydrogens is 174 g/mol. The summed E-state index contributed by atoms with van der Waals surface area (Å²) in [6.07, 6.45) is 0.586. The van der Waals surface area contributed by atoms with Crippen molar-refractivity contribution in [3.8, 4) is 0 Å². The molecule has 2 N–H and O–H groups in total. The Kier molecular flexibility index (Phi) is 4.63. The Hall–Kier alpha value is -0.860. The van der Waals surface area contributed by atoms with E-state index >= 15 is 0 Å². The molecule has 0 fully saturated rings. The van der Waals surface area contributed by atoms with Gasteiger partial charge in [0.25, 0.3) is 0 Å². The van der Waals surface area contributed by atoms with Gasteiger partial charge in [-0.15, -0.1) is 0 Å². The molecule has 0 aliphatic rings. The largest absolute Gasteiger partial charge is 0.393 e. The van der Waals surface area contributed by atoms with Crippen molar-refractivity contribution in [1.29, 1.82) is 0 Å². The number of aliphatic hydroxyl groups excluding tert-OH is 1. The van der Waals surface area contributed by atoms with Crippen molar-refractivity contribution in [2.24, 2.45) is 0 Å². The van der Waals surface area contributed by atoms with Gasteiger partial charge in [0.15, 0.2) is 0 Å². The lowest BCUT2D eigenvalue weighted by Crippen LogP contribution is -2.22. The van der Waals surface area contributed by atoms with Crippen LogP contribution in [0.15, 0.2) is 30.3 Å². The van der Waals surface area contributed by atoms with E-state index in [9.17, 15) is 0 Å². The molecule has 0 aromatic heterocycles. The maximum absolute atomic E-state index is 9.10. The quantitative estimate of drug-likeness (QED) is 0.750. The zero-order chi connectivity index (χ0) is 10.4. The Morgan fingerprint density at radius 3 is 2.43 bits per heavy atom. The third-order valence-corrected chi connectivity index (χ3v) is 2.31. The van der Waals surface area contributed by atoms with Crippen molar-refractivity contribution in [1.82, 2.24) is 5.32 Å². The number of rotatable bonds is 5. The second-order valence-electron chi connectivity index (χ2n) is 3.72. The highest BCUT2D eigenvalue weighted by molar-refractivity contribution is 5.17. The third kappa shape index (κ3) is 3.90. The number of nitrogens with one attached hydrogen (secondary N) is 1. The summed E-state index contributed by atoms with van der Waals surface area (Å²) >= 11 is 0. The van der Waals surface area contributed by atoms with Crippen LogP contribution in [0.4, 0.5) is 0 Å². The topological polar surface area (TPSA) is 32.3 Å². The summed E-state index contributed by atoms with van der Waals surface area (Å²) in [7, 11) is 0. The Morgan fingerprint density at radius 1 is 1.21 bits per heavy atom. The van der Waals surface area contributed by atoms with Crippen LogP contribution < -0.4 is 5.32 Å².